The summed E-state index contributed by atoms with van der Waals surface area (Å²) in [7, 11) is -4.15. The molecule has 0 radical (unpaired) electrons. The summed E-state index contributed by atoms with van der Waals surface area (Å²) in [5.41, 5.74) is 1.42. The van der Waals surface area contributed by atoms with Crippen molar-refractivity contribution < 1.29 is 18.1 Å². The Morgan fingerprint density at radius 2 is 1.88 bits per heavy atom. The molecule has 3 saturated carbocycles. The molecule has 5 nitrogen and oxygen atoms in total. The van der Waals surface area contributed by atoms with E-state index in [1.54, 1.807) is 0 Å². The lowest BCUT2D eigenvalue weighted by Crippen LogP contribution is -2.52. The van der Waals surface area contributed by atoms with Crippen LogP contribution in [0.3, 0.4) is 0 Å². The van der Waals surface area contributed by atoms with Gasteiger partial charge in [-0.2, -0.15) is 13.1 Å². The Hall–Kier alpha value is -0.430. The van der Waals surface area contributed by atoms with Crippen LogP contribution in [0.25, 0.3) is 0 Å². The van der Waals surface area contributed by atoms with Gasteiger partial charge in [-0.15, -0.1) is 0 Å². The minimum absolute atomic E-state index is 0.173. The maximum Gasteiger partial charge on any atom is 0.333 e. The molecule has 0 bridgehead atoms. The summed E-state index contributed by atoms with van der Waals surface area (Å²) in [5, 5.41) is 10.2. The van der Waals surface area contributed by atoms with E-state index < -0.39 is 15.9 Å². The largest absolute Gasteiger partial charge is 0.390 e. The van der Waals surface area contributed by atoms with Gasteiger partial charge in [0.25, 0.3) is 0 Å². The zero-order chi connectivity index (χ0) is 23.5. The van der Waals surface area contributed by atoms with Gasteiger partial charge in [-0.1, -0.05) is 32.4 Å². The van der Waals surface area contributed by atoms with Crippen molar-refractivity contribution in [1.82, 2.24) is 4.72 Å². The monoisotopic (exact) mass is 467 g/mol. The highest BCUT2D eigenvalue weighted by Gasteiger charge is 2.59. The van der Waals surface area contributed by atoms with E-state index in [9.17, 15) is 18.1 Å². The molecule has 5 unspecified atom stereocenters. The summed E-state index contributed by atoms with van der Waals surface area (Å²) in [6.45, 7) is 11.3. The fraction of sp³-hybridized carbons (Fsp3) is 0.923. The summed E-state index contributed by atoms with van der Waals surface area (Å²) in [6, 6.07) is -0.179. The topological polar surface area (TPSA) is 86.6 Å². The first-order chi connectivity index (χ1) is 14.7. The lowest BCUT2D eigenvalue weighted by atomic mass is 9.47. The van der Waals surface area contributed by atoms with Crippen molar-refractivity contribution in [3.8, 4) is 0 Å². The lowest BCUT2D eigenvalue weighted by molar-refractivity contribution is -0.0526. The number of aliphatic hydroxyl groups is 1. The number of fused-ring (bicyclic) bond motifs is 5. The summed E-state index contributed by atoms with van der Waals surface area (Å²) in [5.74, 6) is 3.61. The van der Waals surface area contributed by atoms with Crippen LogP contribution >= 0.6 is 0 Å². The fourth-order valence-electron chi connectivity index (χ4n) is 8.73. The van der Waals surface area contributed by atoms with Crippen molar-refractivity contribution >= 4 is 10.3 Å². The van der Waals surface area contributed by atoms with Gasteiger partial charge in [0.05, 0.1) is 5.60 Å². The molecule has 0 saturated heterocycles. The van der Waals surface area contributed by atoms with Gasteiger partial charge in [0.1, 0.15) is 0 Å². The Morgan fingerprint density at radius 1 is 1.16 bits per heavy atom. The van der Waals surface area contributed by atoms with Gasteiger partial charge in [-0.3, -0.25) is 4.55 Å². The van der Waals surface area contributed by atoms with E-state index in [1.807, 2.05) is 13.8 Å². The molecule has 0 aromatic rings. The number of allylic oxidation sites excluding steroid dienone is 1. The minimum atomic E-state index is -4.15. The third kappa shape index (κ3) is 4.58. The molecular formula is C26H45NO4S. The molecule has 6 heteroatoms. The normalized spacial score (nSPS) is 43.1. The van der Waals surface area contributed by atoms with Crippen LogP contribution in [0.2, 0.25) is 0 Å². The van der Waals surface area contributed by atoms with Crippen LogP contribution in [0.5, 0.6) is 0 Å². The third-order valence-corrected chi connectivity index (χ3v) is 11.0. The van der Waals surface area contributed by atoms with Crippen molar-refractivity contribution in [3.05, 3.63) is 11.6 Å². The summed E-state index contributed by atoms with van der Waals surface area (Å²) < 4.78 is 34.3. The van der Waals surface area contributed by atoms with E-state index in [1.165, 1.54) is 31.3 Å². The van der Waals surface area contributed by atoms with Crippen LogP contribution < -0.4 is 4.72 Å². The molecule has 0 heterocycles. The molecular weight excluding hydrogens is 422 g/mol. The maximum atomic E-state index is 11.3. The van der Waals surface area contributed by atoms with Crippen LogP contribution in [-0.2, 0) is 10.3 Å². The van der Waals surface area contributed by atoms with E-state index in [4.69, 9.17) is 0 Å². The zero-order valence-corrected chi connectivity index (χ0v) is 21.5. The Balaban J connectivity index is 1.49. The quantitative estimate of drug-likeness (QED) is 0.355. The smallest absolute Gasteiger partial charge is 0.333 e. The Labute approximate surface area is 195 Å². The maximum absolute atomic E-state index is 11.3. The first-order valence-electron chi connectivity index (χ1n) is 12.9. The molecule has 8 atom stereocenters. The highest BCUT2D eigenvalue weighted by Crippen LogP contribution is 2.67. The predicted octanol–water partition coefficient (Wildman–Crippen LogP) is 5.51. The van der Waals surface area contributed by atoms with Crippen molar-refractivity contribution in [2.45, 2.75) is 110 Å². The lowest BCUT2D eigenvalue weighted by Gasteiger charge is -2.58. The molecule has 4 rings (SSSR count). The van der Waals surface area contributed by atoms with Gasteiger partial charge in [-0.05, 0) is 118 Å². The van der Waals surface area contributed by atoms with Crippen LogP contribution in [-0.4, -0.2) is 29.7 Å². The molecule has 32 heavy (non-hydrogen) atoms. The molecule has 3 N–H and O–H groups in total. The van der Waals surface area contributed by atoms with Crippen molar-refractivity contribution in [3.63, 3.8) is 0 Å². The Kier molecular flexibility index (Phi) is 6.44. The molecule has 0 spiro atoms. The summed E-state index contributed by atoms with van der Waals surface area (Å²) >= 11 is 0. The average molecular weight is 468 g/mol. The fourth-order valence-corrected chi connectivity index (χ4v) is 9.35. The van der Waals surface area contributed by atoms with E-state index in [2.05, 4.69) is 31.6 Å². The van der Waals surface area contributed by atoms with Gasteiger partial charge in [0, 0.05) is 6.04 Å². The van der Waals surface area contributed by atoms with E-state index >= 15 is 0 Å². The van der Waals surface area contributed by atoms with E-state index in [0.717, 1.165) is 56.3 Å². The van der Waals surface area contributed by atoms with Crippen LogP contribution in [0.1, 0.15) is 98.8 Å². The molecule has 0 aromatic heterocycles. The average Bonchev–Trinajstić information content (AvgIpc) is 3.02. The molecule has 4 aliphatic rings. The Bertz CT molecular complexity index is 846. The standard InChI is InChI=1S/C26H45NO4S/c1-17(10-13-24(2,3)28)21-8-9-22-20-7-6-18-16-19(27-32(29,30)31)11-14-25(18,4)23(20)12-15-26(21,22)5/h6,17,19-23,27-28H,7-16H2,1-5H3,(H,29,30,31)/t17?,19-,20?,21+,22?,23?,25-,26?/m0/s1. The highest BCUT2D eigenvalue weighted by atomic mass is 32.2. The second-order valence-electron chi connectivity index (χ2n) is 12.8. The SMILES string of the molecule is CC(CCC(C)(C)O)[C@H]1CCC2C3CC=C4C[C@@H](NS(=O)(=O)O)CC[C@]4(C)C3CCC21C. The van der Waals surface area contributed by atoms with Crippen molar-refractivity contribution in [2.75, 3.05) is 0 Å². The molecule has 0 aromatic carbocycles. The zero-order valence-electron chi connectivity index (χ0n) is 20.7. The number of nitrogens with one attached hydrogen (secondary N) is 1. The summed E-state index contributed by atoms with van der Waals surface area (Å²) in [6.07, 6.45) is 13.3. The van der Waals surface area contributed by atoms with Gasteiger partial charge >= 0.3 is 10.3 Å². The minimum Gasteiger partial charge on any atom is -0.390 e. The molecule has 4 aliphatic carbocycles. The van der Waals surface area contributed by atoms with Crippen LogP contribution in [0, 0.1) is 40.4 Å². The summed E-state index contributed by atoms with van der Waals surface area (Å²) in [4.78, 5) is 0. The number of hydrogen-bond acceptors (Lipinski definition) is 3. The van der Waals surface area contributed by atoms with Gasteiger partial charge in [0.15, 0.2) is 0 Å². The molecule has 3 fully saturated rings. The van der Waals surface area contributed by atoms with Crippen LogP contribution in [0.15, 0.2) is 11.6 Å². The molecule has 0 aliphatic heterocycles. The number of hydrogen-bond donors (Lipinski definition) is 3. The van der Waals surface area contributed by atoms with E-state index in [-0.39, 0.29) is 11.5 Å². The molecule has 184 valence electrons. The first kappa shape index (κ1) is 24.7. The second-order valence-corrected chi connectivity index (χ2v) is 14.0. The Morgan fingerprint density at radius 3 is 2.53 bits per heavy atom. The van der Waals surface area contributed by atoms with Gasteiger partial charge in [-0.25, -0.2) is 0 Å². The van der Waals surface area contributed by atoms with Crippen molar-refractivity contribution in [2.24, 2.45) is 40.4 Å². The predicted molar refractivity (Wildman–Crippen MR) is 128 cm³/mol. The third-order valence-electron chi connectivity index (χ3n) is 10.4. The molecule has 0 amide bonds. The van der Waals surface area contributed by atoms with Crippen molar-refractivity contribution in [1.29, 1.82) is 0 Å². The van der Waals surface area contributed by atoms with Gasteiger partial charge < -0.3 is 5.11 Å². The van der Waals surface area contributed by atoms with Crippen LogP contribution in [0.4, 0.5) is 0 Å². The number of rotatable bonds is 6. The van der Waals surface area contributed by atoms with E-state index in [0.29, 0.717) is 17.3 Å². The second kappa shape index (κ2) is 8.35. The first-order valence-corrected chi connectivity index (χ1v) is 14.3. The van der Waals surface area contributed by atoms with Gasteiger partial charge in [0.2, 0.25) is 0 Å². The highest BCUT2D eigenvalue weighted by molar-refractivity contribution is 7.83.